The highest BCUT2D eigenvalue weighted by atomic mass is 32.1. The van der Waals surface area contributed by atoms with Gasteiger partial charge in [-0.25, -0.2) is 0 Å². The summed E-state index contributed by atoms with van der Waals surface area (Å²) >= 11 is 1.61. The average molecular weight is 321 g/mol. The van der Waals surface area contributed by atoms with Gasteiger partial charge in [0, 0.05) is 16.9 Å². The first-order valence-electron chi connectivity index (χ1n) is 8.04. The minimum absolute atomic E-state index is 0.147. The smallest absolute Gasteiger partial charge is 0.268 e. The number of hydrogen-bond donors (Lipinski definition) is 0. The molecule has 1 aliphatic heterocycles. The van der Waals surface area contributed by atoms with Crippen molar-refractivity contribution in [3.63, 3.8) is 0 Å². The molecular formula is C20H19NOS. The summed E-state index contributed by atoms with van der Waals surface area (Å²) < 4.78 is 1.19. The number of rotatable bonds is 1. The molecule has 2 heterocycles. The summed E-state index contributed by atoms with van der Waals surface area (Å²) in [6, 6.07) is 14.7. The van der Waals surface area contributed by atoms with Gasteiger partial charge < -0.3 is 4.90 Å². The number of amides is 1. The second kappa shape index (κ2) is 5.50. The molecule has 3 aromatic rings. The van der Waals surface area contributed by atoms with E-state index in [1.54, 1.807) is 11.3 Å². The Balaban J connectivity index is 1.79. The van der Waals surface area contributed by atoms with Crippen molar-refractivity contribution in [2.24, 2.45) is 0 Å². The van der Waals surface area contributed by atoms with E-state index in [2.05, 4.69) is 44.2 Å². The highest BCUT2D eigenvalue weighted by Gasteiger charge is 2.26. The van der Waals surface area contributed by atoms with Crippen molar-refractivity contribution in [2.45, 2.75) is 26.7 Å². The maximum absolute atomic E-state index is 13.2. The van der Waals surface area contributed by atoms with Crippen LogP contribution in [0.1, 0.15) is 32.8 Å². The van der Waals surface area contributed by atoms with E-state index in [9.17, 15) is 4.79 Å². The first-order valence-corrected chi connectivity index (χ1v) is 8.86. The fraction of sp³-hybridized carbons (Fsp3) is 0.250. The maximum Gasteiger partial charge on any atom is 0.268 e. The largest absolute Gasteiger partial charge is 0.307 e. The van der Waals surface area contributed by atoms with Crippen LogP contribution in [-0.4, -0.2) is 12.5 Å². The molecule has 0 unspecified atom stereocenters. The minimum atomic E-state index is 0.147. The minimum Gasteiger partial charge on any atom is -0.307 e. The van der Waals surface area contributed by atoms with E-state index in [0.717, 1.165) is 35.5 Å². The Bertz CT molecular complexity index is 909. The molecule has 0 saturated carbocycles. The molecule has 0 N–H and O–H groups in total. The summed E-state index contributed by atoms with van der Waals surface area (Å²) in [5.74, 6) is 0.147. The first kappa shape index (κ1) is 14.5. The lowest BCUT2D eigenvalue weighted by molar-refractivity contribution is 0.0988. The lowest BCUT2D eigenvalue weighted by atomic mass is 9.99. The van der Waals surface area contributed by atoms with E-state index >= 15 is 0 Å². The molecule has 0 bridgehead atoms. The molecule has 1 aliphatic rings. The van der Waals surface area contributed by atoms with Gasteiger partial charge in [0.1, 0.15) is 0 Å². The van der Waals surface area contributed by atoms with Crippen LogP contribution >= 0.6 is 11.3 Å². The number of fused-ring (bicyclic) bond motifs is 2. The third kappa shape index (κ3) is 2.36. The Morgan fingerprint density at radius 2 is 1.96 bits per heavy atom. The average Bonchev–Trinajstić information content (AvgIpc) is 2.91. The van der Waals surface area contributed by atoms with Crippen molar-refractivity contribution >= 4 is 33.0 Å². The quantitative estimate of drug-likeness (QED) is 0.610. The summed E-state index contributed by atoms with van der Waals surface area (Å²) in [5, 5.41) is 1.20. The predicted molar refractivity (Wildman–Crippen MR) is 97.7 cm³/mol. The number of benzene rings is 2. The van der Waals surface area contributed by atoms with E-state index < -0.39 is 0 Å². The van der Waals surface area contributed by atoms with E-state index in [-0.39, 0.29) is 5.91 Å². The van der Waals surface area contributed by atoms with Crippen LogP contribution in [-0.2, 0) is 6.42 Å². The molecule has 4 rings (SSSR count). The van der Waals surface area contributed by atoms with Gasteiger partial charge in [0.15, 0.2) is 0 Å². The molecule has 0 aliphatic carbocycles. The number of carbonyl (C=O) groups excluding carboxylic acids is 1. The number of carbonyl (C=O) groups is 1. The van der Waals surface area contributed by atoms with Crippen LogP contribution in [0, 0.1) is 13.8 Å². The van der Waals surface area contributed by atoms with Gasteiger partial charge in [-0.1, -0.05) is 35.9 Å². The fourth-order valence-electron chi connectivity index (χ4n) is 3.44. The van der Waals surface area contributed by atoms with E-state index in [0.29, 0.717) is 0 Å². The summed E-state index contributed by atoms with van der Waals surface area (Å²) in [5.41, 5.74) is 4.75. The molecule has 2 aromatic carbocycles. The van der Waals surface area contributed by atoms with E-state index in [4.69, 9.17) is 0 Å². The van der Waals surface area contributed by atoms with Crippen LogP contribution in [0.5, 0.6) is 0 Å². The van der Waals surface area contributed by atoms with Crippen LogP contribution < -0.4 is 4.90 Å². The molecule has 0 spiro atoms. The molecular weight excluding hydrogens is 302 g/mol. The first-order chi connectivity index (χ1) is 11.1. The molecule has 23 heavy (non-hydrogen) atoms. The molecule has 0 radical (unpaired) electrons. The highest BCUT2D eigenvalue weighted by molar-refractivity contribution is 7.21. The SMILES string of the molecule is Cc1ccc2c(c1)CCCN2C(=O)c1sc2ccccc2c1C. The van der Waals surface area contributed by atoms with Crippen LogP contribution in [0.25, 0.3) is 10.1 Å². The van der Waals surface area contributed by atoms with Gasteiger partial charge in [-0.05, 0) is 55.3 Å². The maximum atomic E-state index is 13.2. The molecule has 1 aromatic heterocycles. The third-order valence-electron chi connectivity index (χ3n) is 4.64. The number of thiophene rings is 1. The van der Waals surface area contributed by atoms with Crippen LogP contribution in [0.4, 0.5) is 5.69 Å². The lowest BCUT2D eigenvalue weighted by Crippen LogP contribution is -2.35. The Morgan fingerprint density at radius 1 is 1.13 bits per heavy atom. The number of nitrogens with zero attached hydrogens (tertiary/aromatic N) is 1. The Hall–Kier alpha value is -2.13. The molecule has 0 saturated heterocycles. The third-order valence-corrected chi connectivity index (χ3v) is 5.90. The molecule has 2 nitrogen and oxygen atoms in total. The van der Waals surface area contributed by atoms with Gasteiger partial charge in [-0.3, -0.25) is 4.79 Å². The van der Waals surface area contributed by atoms with Crippen molar-refractivity contribution in [1.29, 1.82) is 0 Å². The van der Waals surface area contributed by atoms with Crippen LogP contribution in [0.2, 0.25) is 0 Å². The highest BCUT2D eigenvalue weighted by Crippen LogP contribution is 2.35. The Kier molecular flexibility index (Phi) is 3.46. The Morgan fingerprint density at radius 3 is 2.78 bits per heavy atom. The zero-order chi connectivity index (χ0) is 16.0. The summed E-state index contributed by atoms with van der Waals surface area (Å²) in [6.07, 6.45) is 2.10. The predicted octanol–water partition coefficient (Wildman–Crippen LogP) is 5.11. The second-order valence-electron chi connectivity index (χ2n) is 6.24. The molecule has 3 heteroatoms. The topological polar surface area (TPSA) is 20.3 Å². The van der Waals surface area contributed by atoms with Gasteiger partial charge >= 0.3 is 0 Å². The lowest BCUT2D eigenvalue weighted by Gasteiger charge is -2.29. The normalized spacial score (nSPS) is 14.1. The van der Waals surface area contributed by atoms with Crippen LogP contribution in [0.15, 0.2) is 42.5 Å². The summed E-state index contributed by atoms with van der Waals surface area (Å²) in [4.78, 5) is 16.0. The van der Waals surface area contributed by atoms with Crippen molar-refractivity contribution < 1.29 is 4.79 Å². The van der Waals surface area contributed by atoms with Gasteiger partial charge in [-0.2, -0.15) is 0 Å². The molecule has 0 fully saturated rings. The Labute approximate surface area is 140 Å². The van der Waals surface area contributed by atoms with Gasteiger partial charge in [0.25, 0.3) is 5.91 Å². The zero-order valence-electron chi connectivity index (χ0n) is 13.4. The van der Waals surface area contributed by atoms with Crippen molar-refractivity contribution in [2.75, 3.05) is 11.4 Å². The second-order valence-corrected chi connectivity index (χ2v) is 7.30. The van der Waals surface area contributed by atoms with Gasteiger partial charge in [0.2, 0.25) is 0 Å². The van der Waals surface area contributed by atoms with Gasteiger partial charge in [-0.15, -0.1) is 11.3 Å². The van der Waals surface area contributed by atoms with Crippen molar-refractivity contribution in [1.82, 2.24) is 0 Å². The number of aryl methyl sites for hydroxylation is 3. The van der Waals surface area contributed by atoms with Crippen LogP contribution in [0.3, 0.4) is 0 Å². The van der Waals surface area contributed by atoms with Crippen molar-refractivity contribution in [3.05, 3.63) is 64.0 Å². The number of anilines is 1. The van der Waals surface area contributed by atoms with E-state index in [1.165, 1.54) is 21.2 Å². The number of hydrogen-bond acceptors (Lipinski definition) is 2. The molecule has 116 valence electrons. The zero-order valence-corrected chi connectivity index (χ0v) is 14.2. The summed E-state index contributed by atoms with van der Waals surface area (Å²) in [7, 11) is 0. The van der Waals surface area contributed by atoms with Crippen molar-refractivity contribution in [3.8, 4) is 0 Å². The standard InChI is InChI=1S/C20H19NOS/c1-13-9-10-17-15(12-13)6-5-11-21(17)20(22)19-14(2)16-7-3-4-8-18(16)23-19/h3-4,7-10,12H,5-6,11H2,1-2H3. The molecule has 0 atom stereocenters. The monoisotopic (exact) mass is 321 g/mol. The van der Waals surface area contributed by atoms with E-state index in [1.807, 2.05) is 17.0 Å². The van der Waals surface area contributed by atoms with Gasteiger partial charge in [0.05, 0.1) is 4.88 Å². The fourth-order valence-corrected chi connectivity index (χ4v) is 4.60. The molecule has 1 amide bonds. The summed E-state index contributed by atoms with van der Waals surface area (Å²) in [6.45, 7) is 4.98.